The van der Waals surface area contributed by atoms with Gasteiger partial charge in [0.2, 0.25) is 0 Å². The van der Waals surface area contributed by atoms with E-state index in [9.17, 15) is 4.79 Å². The first-order chi connectivity index (χ1) is 15.9. The van der Waals surface area contributed by atoms with Crippen molar-refractivity contribution >= 4 is 23.2 Å². The second kappa shape index (κ2) is 9.92. The molecule has 4 aromatic rings. The number of benzene rings is 3. The summed E-state index contributed by atoms with van der Waals surface area (Å²) in [7, 11) is 0. The second-order valence-corrected chi connectivity index (χ2v) is 8.46. The van der Waals surface area contributed by atoms with Crippen molar-refractivity contribution in [1.29, 1.82) is 0 Å². The number of halogens is 1. The maximum Gasteiger partial charge on any atom is 0.255 e. The Bertz CT molecular complexity index is 1260. The zero-order valence-corrected chi connectivity index (χ0v) is 19.7. The van der Waals surface area contributed by atoms with Crippen molar-refractivity contribution in [1.82, 2.24) is 9.78 Å². The van der Waals surface area contributed by atoms with Crippen molar-refractivity contribution < 1.29 is 9.53 Å². The molecule has 0 aliphatic heterocycles. The largest absolute Gasteiger partial charge is 0.489 e. The fraction of sp³-hybridized carbons (Fsp3) is 0.185. The van der Waals surface area contributed by atoms with Crippen LogP contribution in [-0.2, 0) is 13.2 Å². The van der Waals surface area contributed by atoms with Gasteiger partial charge in [-0.1, -0.05) is 48.0 Å². The van der Waals surface area contributed by atoms with Crippen LogP contribution in [0.5, 0.6) is 5.75 Å². The summed E-state index contributed by atoms with van der Waals surface area (Å²) in [6, 6.07) is 22.9. The Hall–Kier alpha value is -3.57. The van der Waals surface area contributed by atoms with E-state index in [1.807, 2.05) is 54.9 Å². The number of rotatable bonds is 7. The summed E-state index contributed by atoms with van der Waals surface area (Å²) < 4.78 is 7.70. The molecule has 6 heteroatoms. The minimum Gasteiger partial charge on any atom is -0.489 e. The summed E-state index contributed by atoms with van der Waals surface area (Å²) in [6.07, 6.45) is 0. The third kappa shape index (κ3) is 5.44. The second-order valence-electron chi connectivity index (χ2n) is 8.02. The number of carbonyl (C=O) groups is 1. The van der Waals surface area contributed by atoms with Crippen LogP contribution in [0.15, 0.2) is 72.8 Å². The topological polar surface area (TPSA) is 56.2 Å². The van der Waals surface area contributed by atoms with Crippen LogP contribution < -0.4 is 10.1 Å². The van der Waals surface area contributed by atoms with Gasteiger partial charge in [-0.15, -0.1) is 0 Å². The van der Waals surface area contributed by atoms with E-state index in [4.69, 9.17) is 16.3 Å². The van der Waals surface area contributed by atoms with Crippen LogP contribution in [0, 0.1) is 20.8 Å². The third-order valence-corrected chi connectivity index (χ3v) is 5.89. The quantitative estimate of drug-likeness (QED) is 0.350. The van der Waals surface area contributed by atoms with Crippen molar-refractivity contribution in [3.63, 3.8) is 0 Å². The molecule has 1 amide bonds. The van der Waals surface area contributed by atoms with Crippen LogP contribution >= 0.6 is 11.6 Å². The van der Waals surface area contributed by atoms with E-state index in [0.717, 1.165) is 28.4 Å². The van der Waals surface area contributed by atoms with Crippen LogP contribution in [0.3, 0.4) is 0 Å². The lowest BCUT2D eigenvalue weighted by Gasteiger charge is -2.10. The van der Waals surface area contributed by atoms with Crippen LogP contribution in [0.4, 0.5) is 5.69 Å². The molecule has 33 heavy (non-hydrogen) atoms. The number of aromatic nitrogens is 2. The molecular formula is C27H26ClN3O2. The molecule has 0 bridgehead atoms. The highest BCUT2D eigenvalue weighted by Crippen LogP contribution is 2.22. The lowest BCUT2D eigenvalue weighted by molar-refractivity contribution is 0.102. The van der Waals surface area contributed by atoms with Crippen LogP contribution in [0.1, 0.15) is 38.4 Å². The summed E-state index contributed by atoms with van der Waals surface area (Å²) in [5.74, 6) is 0.580. The Morgan fingerprint density at radius 3 is 2.36 bits per heavy atom. The maximum absolute atomic E-state index is 12.9. The van der Waals surface area contributed by atoms with Gasteiger partial charge in [-0.3, -0.25) is 9.48 Å². The first-order valence-electron chi connectivity index (χ1n) is 10.8. The highest BCUT2D eigenvalue weighted by molar-refractivity contribution is 6.30. The highest BCUT2D eigenvalue weighted by Gasteiger charge is 2.16. The van der Waals surface area contributed by atoms with Gasteiger partial charge in [-0.05, 0) is 73.9 Å². The molecule has 1 heterocycles. The molecule has 168 valence electrons. The van der Waals surface area contributed by atoms with E-state index in [0.29, 0.717) is 23.7 Å². The number of hydrogen-bond donors (Lipinski definition) is 1. The number of nitrogens with one attached hydrogen (secondary N) is 1. The summed E-state index contributed by atoms with van der Waals surface area (Å²) in [6.45, 7) is 7.05. The van der Waals surface area contributed by atoms with Gasteiger partial charge < -0.3 is 10.1 Å². The van der Waals surface area contributed by atoms with Gasteiger partial charge in [0, 0.05) is 10.6 Å². The van der Waals surface area contributed by atoms with E-state index >= 15 is 0 Å². The minimum atomic E-state index is -0.165. The van der Waals surface area contributed by atoms with Gasteiger partial charge >= 0.3 is 0 Å². The number of carbonyl (C=O) groups excluding carboxylic acids is 1. The molecule has 3 aromatic carbocycles. The number of amides is 1. The van der Waals surface area contributed by atoms with Gasteiger partial charge in [0.25, 0.3) is 5.91 Å². The van der Waals surface area contributed by atoms with Gasteiger partial charge in [0.05, 0.1) is 23.6 Å². The highest BCUT2D eigenvalue weighted by atomic mass is 35.5. The monoisotopic (exact) mass is 459 g/mol. The SMILES string of the molecule is Cc1ccccc1Cn1nc(C)c(NC(=O)c2ccc(COc3ccc(Cl)cc3)cc2)c1C. The number of nitrogens with zero attached hydrogens (tertiary/aromatic N) is 2. The molecule has 0 radical (unpaired) electrons. The van der Waals surface area contributed by atoms with Crippen molar-refractivity contribution in [2.24, 2.45) is 0 Å². The molecule has 1 aromatic heterocycles. The molecule has 0 atom stereocenters. The first kappa shape index (κ1) is 22.6. The number of anilines is 1. The molecular weight excluding hydrogens is 434 g/mol. The summed E-state index contributed by atoms with van der Waals surface area (Å²) >= 11 is 5.90. The predicted octanol–water partition coefficient (Wildman–Crippen LogP) is 6.34. The van der Waals surface area contributed by atoms with Crippen molar-refractivity contribution in [3.05, 3.63) is 111 Å². The molecule has 5 nitrogen and oxygen atoms in total. The van der Waals surface area contributed by atoms with Crippen molar-refractivity contribution in [2.75, 3.05) is 5.32 Å². The normalized spacial score (nSPS) is 10.8. The lowest BCUT2D eigenvalue weighted by atomic mass is 10.1. The average molecular weight is 460 g/mol. The fourth-order valence-corrected chi connectivity index (χ4v) is 3.74. The van der Waals surface area contributed by atoms with E-state index in [-0.39, 0.29) is 5.91 Å². The van der Waals surface area contributed by atoms with Crippen LogP contribution in [0.25, 0.3) is 0 Å². The van der Waals surface area contributed by atoms with Gasteiger partial charge in [0.1, 0.15) is 12.4 Å². The molecule has 0 spiro atoms. The number of ether oxygens (including phenoxy) is 1. The molecule has 0 fully saturated rings. The third-order valence-electron chi connectivity index (χ3n) is 5.64. The zero-order valence-electron chi connectivity index (χ0n) is 18.9. The molecule has 0 saturated carbocycles. The van der Waals surface area contributed by atoms with Gasteiger partial charge in [-0.2, -0.15) is 5.10 Å². The maximum atomic E-state index is 12.9. The molecule has 1 N–H and O–H groups in total. The summed E-state index contributed by atoms with van der Waals surface area (Å²) in [5, 5.41) is 8.35. The van der Waals surface area contributed by atoms with Crippen molar-refractivity contribution in [3.8, 4) is 5.75 Å². The van der Waals surface area contributed by atoms with E-state index < -0.39 is 0 Å². The predicted molar refractivity (Wildman–Crippen MR) is 132 cm³/mol. The molecule has 0 saturated heterocycles. The Morgan fingerprint density at radius 1 is 0.970 bits per heavy atom. The van der Waals surface area contributed by atoms with E-state index in [1.54, 1.807) is 24.3 Å². The number of hydrogen-bond acceptors (Lipinski definition) is 3. The fourth-order valence-electron chi connectivity index (χ4n) is 3.62. The lowest BCUT2D eigenvalue weighted by Crippen LogP contribution is -2.13. The first-order valence-corrected chi connectivity index (χ1v) is 11.2. The summed E-state index contributed by atoms with van der Waals surface area (Å²) in [4.78, 5) is 12.9. The van der Waals surface area contributed by atoms with Gasteiger partial charge in [0.15, 0.2) is 0 Å². The zero-order chi connectivity index (χ0) is 23.4. The minimum absolute atomic E-state index is 0.165. The molecule has 0 aliphatic rings. The smallest absolute Gasteiger partial charge is 0.255 e. The Balaban J connectivity index is 1.41. The van der Waals surface area contributed by atoms with Crippen molar-refractivity contribution in [2.45, 2.75) is 33.9 Å². The molecule has 0 aliphatic carbocycles. The Morgan fingerprint density at radius 2 is 1.67 bits per heavy atom. The van der Waals surface area contributed by atoms with Gasteiger partial charge in [-0.25, -0.2) is 0 Å². The standard InChI is InChI=1S/C27H26ClN3O2/c1-18-6-4-5-7-23(18)16-31-20(3)26(19(2)30-31)29-27(32)22-10-8-21(9-11-22)17-33-25-14-12-24(28)13-15-25/h4-15H,16-17H2,1-3H3,(H,29,32). The number of aryl methyl sites for hydroxylation is 2. The molecule has 4 rings (SSSR count). The van der Waals surface area contributed by atoms with E-state index in [2.05, 4.69) is 29.5 Å². The van der Waals surface area contributed by atoms with E-state index in [1.165, 1.54) is 11.1 Å². The Labute approximate surface area is 199 Å². The average Bonchev–Trinajstić information content (AvgIpc) is 3.08. The summed E-state index contributed by atoms with van der Waals surface area (Å²) in [5.41, 5.74) is 6.45. The molecule has 0 unspecified atom stereocenters. The van der Waals surface area contributed by atoms with Crippen LogP contribution in [-0.4, -0.2) is 15.7 Å². The Kier molecular flexibility index (Phi) is 6.80. The van der Waals surface area contributed by atoms with Crippen LogP contribution in [0.2, 0.25) is 5.02 Å².